The number of nitrogen functional groups attached to an aromatic ring is 4. The number of Topliss-reactive ketones (excluding diaryl/α,β-unsaturated/α-hetero) is 1. The molecule has 26 nitrogen and oxygen atoms in total. The van der Waals surface area contributed by atoms with E-state index in [1.165, 1.54) is 39.4 Å². The normalized spacial score (nSPS) is 8.67. The molecule has 0 aromatic carbocycles. The van der Waals surface area contributed by atoms with Crippen LogP contribution >= 0.6 is 0 Å². The van der Waals surface area contributed by atoms with Crippen molar-refractivity contribution in [3.8, 4) is 6.07 Å². The molecular weight excluding hydrogens is 766 g/mol. The molecule has 0 unspecified atom stereocenters. The van der Waals surface area contributed by atoms with E-state index in [0.717, 1.165) is 28.5 Å². The molecule has 0 atom stereocenters. The van der Waals surface area contributed by atoms with Crippen molar-refractivity contribution in [1.82, 2.24) is 44.8 Å². The van der Waals surface area contributed by atoms with Gasteiger partial charge >= 0.3 is 17.6 Å². The average molecular weight is 830 g/mol. The molecule has 4 aromatic rings. The predicted octanol–water partition coefficient (Wildman–Crippen LogP) is 1.51. The van der Waals surface area contributed by atoms with Gasteiger partial charge in [0.1, 0.15) is 28.9 Å². The van der Waals surface area contributed by atoms with Gasteiger partial charge < -0.3 is 38.7 Å². The standard InChI is InChI=1S/C7H11N3O.C5H8N4O2.C5H10N4.C5H9N3.C4H5NO.C4H6O3.CH5N.CH4.H3NO2.H2/c1-5-4-7(8-6(2)11)10(3)9-5;1-3-4(9(10)11)5(6)8(2)7-3;1-3-4(6)5(7)9(2)8-3;1-4-3-5(6)8(2)7-4;1-4(6)2-3-5;1-3(5)7-4(2)6;1-2;;2-1-3;/h4H,1-3H3,(H,8,11);6H2,1-2H3;6-7H2,1-2H3;3H,6H2,1-2H3;2H2,1H3;1-2H3;2H2,1H3;1H4;1-3H;1H. The van der Waals surface area contributed by atoms with Crippen molar-refractivity contribution in [2.75, 3.05) is 35.3 Å². The van der Waals surface area contributed by atoms with E-state index in [2.05, 4.69) is 36.2 Å². The van der Waals surface area contributed by atoms with Crippen LogP contribution in [0.4, 0.5) is 34.6 Å². The van der Waals surface area contributed by atoms with E-state index in [1.807, 2.05) is 40.0 Å². The number of carbonyl (C=O) groups is 4. The number of ether oxygens (including phenoxy) is 1. The maximum Gasteiger partial charge on any atom is 0.333 e. The molecule has 0 aliphatic heterocycles. The molecule has 4 aromatic heterocycles. The maximum absolute atomic E-state index is 10.6. The fraction of sp³-hybridized carbons (Fsp3) is 0.469. The number of anilines is 5. The van der Waals surface area contributed by atoms with Crippen LogP contribution < -0.4 is 39.6 Å². The highest BCUT2D eigenvalue weighted by Gasteiger charge is 2.20. The summed E-state index contributed by atoms with van der Waals surface area (Å²) >= 11 is 0. The highest BCUT2D eigenvalue weighted by atomic mass is 16.7. The molecule has 58 heavy (non-hydrogen) atoms. The Kier molecular flexibility index (Phi) is 33.6. The Labute approximate surface area is 338 Å². The molecule has 0 aliphatic rings. The molecule has 1 amide bonds. The average Bonchev–Trinajstić information content (AvgIpc) is 3.72. The molecule has 0 saturated heterocycles. The van der Waals surface area contributed by atoms with Gasteiger partial charge in [-0.2, -0.15) is 25.7 Å². The number of aryl methyl sites for hydroxylation is 8. The van der Waals surface area contributed by atoms with Gasteiger partial charge in [-0.15, -0.1) is 0 Å². The number of hydrogen-bond acceptors (Lipinski definition) is 20. The Morgan fingerprint density at radius 1 is 0.810 bits per heavy atom. The molecule has 0 bridgehead atoms. The smallest absolute Gasteiger partial charge is 0.333 e. The van der Waals surface area contributed by atoms with E-state index in [0.29, 0.717) is 23.0 Å². The lowest BCUT2D eigenvalue weighted by molar-refractivity contribution is -0.384. The second-order valence-electron chi connectivity index (χ2n) is 10.7. The van der Waals surface area contributed by atoms with Gasteiger partial charge in [0.15, 0.2) is 0 Å². The van der Waals surface area contributed by atoms with Crippen LogP contribution in [0.1, 0.15) is 65.7 Å². The van der Waals surface area contributed by atoms with Crippen LogP contribution in [0.5, 0.6) is 0 Å². The summed E-state index contributed by atoms with van der Waals surface area (Å²) in [5.41, 5.74) is 30.5. The third-order valence-electron chi connectivity index (χ3n) is 5.69. The molecular formula is C32H63N17O9. The number of nitrogens with one attached hydrogen (secondary N) is 2. The number of carbonyl (C=O) groups excluding carboxylic acids is 4. The summed E-state index contributed by atoms with van der Waals surface area (Å²) < 4.78 is 10.1. The Morgan fingerprint density at radius 2 is 1.22 bits per heavy atom. The van der Waals surface area contributed by atoms with Gasteiger partial charge in [-0.3, -0.25) is 53.8 Å². The minimum absolute atomic E-state index is 0. The summed E-state index contributed by atoms with van der Waals surface area (Å²) in [5.74, 6) is 0.794. The van der Waals surface area contributed by atoms with Crippen LogP contribution in [-0.2, 0) is 52.1 Å². The van der Waals surface area contributed by atoms with E-state index >= 15 is 0 Å². The third kappa shape index (κ3) is 27.6. The molecule has 0 aliphatic carbocycles. The zero-order valence-corrected chi connectivity index (χ0v) is 34.5. The Morgan fingerprint density at radius 3 is 1.36 bits per heavy atom. The van der Waals surface area contributed by atoms with Crippen molar-refractivity contribution in [2.24, 2.45) is 33.9 Å². The van der Waals surface area contributed by atoms with Crippen LogP contribution in [0.2, 0.25) is 0 Å². The molecule has 0 spiro atoms. The molecule has 4 rings (SSSR count). The number of ketones is 1. The van der Waals surface area contributed by atoms with E-state index in [-0.39, 0.29) is 38.5 Å². The van der Waals surface area contributed by atoms with Gasteiger partial charge in [0.2, 0.25) is 11.7 Å². The van der Waals surface area contributed by atoms with Crippen molar-refractivity contribution >= 4 is 58.3 Å². The fourth-order valence-corrected chi connectivity index (χ4v) is 3.44. The van der Waals surface area contributed by atoms with E-state index in [1.54, 1.807) is 48.2 Å². The summed E-state index contributed by atoms with van der Waals surface area (Å²) in [7, 11) is 8.44. The third-order valence-corrected chi connectivity index (χ3v) is 5.69. The van der Waals surface area contributed by atoms with Crippen molar-refractivity contribution in [2.45, 2.75) is 69.2 Å². The number of nitrogens with two attached hydrogens (primary N) is 5. The first-order valence-corrected chi connectivity index (χ1v) is 16.0. The van der Waals surface area contributed by atoms with E-state index in [9.17, 15) is 29.3 Å². The first-order valence-electron chi connectivity index (χ1n) is 16.0. The highest BCUT2D eigenvalue weighted by Crippen LogP contribution is 2.23. The number of rotatable bonds is 3. The molecule has 26 heteroatoms. The van der Waals surface area contributed by atoms with Crippen LogP contribution in [0.3, 0.4) is 0 Å². The zero-order chi connectivity index (χ0) is 45.7. The lowest BCUT2D eigenvalue weighted by Gasteiger charge is -1.99. The largest absolute Gasteiger partial charge is 0.394 e. The molecule has 0 radical (unpaired) electrons. The summed E-state index contributed by atoms with van der Waals surface area (Å²) in [6.07, 6.45) is 0.0417. The number of nitriles is 1. The topological polar surface area (TPSA) is 410 Å². The fourth-order valence-electron chi connectivity index (χ4n) is 3.44. The molecule has 0 fully saturated rings. The SMILES string of the molecule is C.CC(=O)CC#N.CC(=O)Nc1cc(C)nn1C.CC(=O)OC(C)=O.CN.Cc1cc(N)n(C)n1.Cc1nn(C)c(N)c1N.Cc1nn(C)c(N)c1[N+](=O)[O-].ONO.[HH]. The highest BCUT2D eigenvalue weighted by molar-refractivity contribution is 5.87. The molecule has 330 valence electrons. The van der Waals surface area contributed by atoms with Gasteiger partial charge in [0.25, 0.3) is 0 Å². The minimum Gasteiger partial charge on any atom is -0.394 e. The van der Waals surface area contributed by atoms with Crippen LogP contribution in [0.25, 0.3) is 0 Å². The summed E-state index contributed by atoms with van der Waals surface area (Å²) in [5, 5.41) is 50.3. The number of esters is 2. The first-order chi connectivity index (χ1) is 26.3. The van der Waals surface area contributed by atoms with Crippen LogP contribution in [0, 0.1) is 49.1 Å². The number of nitrogens with zero attached hydrogens (tertiary/aromatic N) is 10. The predicted molar refractivity (Wildman–Crippen MR) is 219 cm³/mol. The number of hydrogen-bond donors (Lipinski definition) is 9. The van der Waals surface area contributed by atoms with Crippen molar-refractivity contribution in [3.63, 3.8) is 0 Å². The minimum atomic E-state index is -0.562. The van der Waals surface area contributed by atoms with E-state index in [4.69, 9.17) is 38.6 Å². The first kappa shape index (κ1) is 60.3. The second kappa shape index (κ2) is 32.3. The van der Waals surface area contributed by atoms with Crippen molar-refractivity contribution in [1.29, 1.82) is 5.26 Å². The van der Waals surface area contributed by atoms with Crippen LogP contribution in [-0.4, -0.2) is 85.1 Å². The quantitative estimate of drug-likeness (QED) is 0.0611. The number of amides is 1. The van der Waals surface area contributed by atoms with Gasteiger partial charge in [-0.1, -0.05) is 13.1 Å². The Bertz CT molecular complexity index is 1840. The number of aromatic nitrogens is 8. The Hall–Kier alpha value is -6.95. The molecule has 4 heterocycles. The van der Waals surface area contributed by atoms with Crippen molar-refractivity contribution in [3.05, 3.63) is 45.0 Å². The van der Waals surface area contributed by atoms with Gasteiger partial charge in [-0.05, 0) is 41.7 Å². The van der Waals surface area contributed by atoms with Gasteiger partial charge in [-0.25, -0.2) is 4.68 Å². The summed E-state index contributed by atoms with van der Waals surface area (Å²) in [4.78, 5) is 49.9. The summed E-state index contributed by atoms with van der Waals surface area (Å²) in [6.45, 7) is 12.4. The van der Waals surface area contributed by atoms with E-state index < -0.39 is 16.9 Å². The zero-order valence-electron chi connectivity index (χ0n) is 34.5. The summed E-state index contributed by atoms with van der Waals surface area (Å²) in [6, 6.07) is 5.37. The lowest BCUT2D eigenvalue weighted by atomic mass is 10.3. The second-order valence-corrected chi connectivity index (χ2v) is 10.7. The van der Waals surface area contributed by atoms with Gasteiger partial charge in [0, 0.05) is 62.5 Å². The Balaban J connectivity index is -0.000000140. The monoisotopic (exact) mass is 829 g/mol. The maximum atomic E-state index is 10.6. The lowest BCUT2D eigenvalue weighted by Crippen LogP contribution is -2.09. The van der Waals surface area contributed by atoms with Gasteiger partial charge in [0.05, 0.1) is 40.2 Å². The number of nitro groups is 1. The van der Waals surface area contributed by atoms with Crippen molar-refractivity contribution < 1.29 is 40.7 Å². The van der Waals surface area contributed by atoms with Crippen LogP contribution in [0.15, 0.2) is 12.1 Å². The molecule has 0 saturated carbocycles. The molecule has 14 N–H and O–H groups in total.